The lowest BCUT2D eigenvalue weighted by Crippen LogP contribution is -1.99. The van der Waals surface area contributed by atoms with Crippen LogP contribution in [0, 0.1) is 17.7 Å². The number of rotatable bonds is 3. The van der Waals surface area contributed by atoms with Gasteiger partial charge in [0, 0.05) is 13.2 Å². The fourth-order valence-corrected chi connectivity index (χ4v) is 0.921. The number of methoxy groups -OCH3 is 1. The zero-order valence-corrected chi connectivity index (χ0v) is 8.12. The number of halogens is 1. The average Bonchev–Trinajstić information content (AvgIpc) is 2.25. The molecule has 1 aromatic rings. The minimum absolute atomic E-state index is 0.0544. The van der Waals surface area contributed by atoms with Crippen molar-refractivity contribution in [1.29, 1.82) is 0 Å². The number of aldehydes is 1. The molecule has 0 N–H and O–H groups in total. The monoisotopic (exact) mass is 208 g/mol. The van der Waals surface area contributed by atoms with E-state index < -0.39 is 5.82 Å². The summed E-state index contributed by atoms with van der Waals surface area (Å²) in [5, 5.41) is 0. The zero-order chi connectivity index (χ0) is 11.1. The Balaban J connectivity index is 2.83. The Morgan fingerprint density at radius 1 is 1.53 bits per heavy atom. The molecule has 1 rings (SSSR count). The summed E-state index contributed by atoms with van der Waals surface area (Å²) in [7, 11) is 1.47. The van der Waals surface area contributed by atoms with Crippen molar-refractivity contribution in [3.8, 4) is 17.6 Å². The van der Waals surface area contributed by atoms with Crippen LogP contribution in [0.2, 0.25) is 0 Å². The first kappa shape index (κ1) is 11.2. The highest BCUT2D eigenvalue weighted by Gasteiger charge is 2.01. The van der Waals surface area contributed by atoms with E-state index in [2.05, 4.69) is 16.6 Å². The average molecular weight is 208 g/mol. The van der Waals surface area contributed by atoms with Crippen molar-refractivity contribution < 1.29 is 18.7 Å². The molecule has 0 heterocycles. The molecule has 0 aliphatic carbocycles. The van der Waals surface area contributed by atoms with Crippen LogP contribution < -0.4 is 4.74 Å². The molecule has 0 fully saturated rings. The van der Waals surface area contributed by atoms with Crippen molar-refractivity contribution in [3.05, 3.63) is 29.6 Å². The molecule has 0 saturated carbocycles. The van der Waals surface area contributed by atoms with Crippen molar-refractivity contribution in [2.75, 3.05) is 13.9 Å². The number of carbonyl (C=O) groups is 1. The van der Waals surface area contributed by atoms with Crippen LogP contribution in [0.1, 0.15) is 5.56 Å². The van der Waals surface area contributed by atoms with E-state index in [4.69, 9.17) is 4.74 Å². The third-order valence-corrected chi connectivity index (χ3v) is 1.55. The first-order valence-corrected chi connectivity index (χ1v) is 4.14. The molecule has 0 radical (unpaired) electrons. The summed E-state index contributed by atoms with van der Waals surface area (Å²) in [4.78, 5) is 9.96. The van der Waals surface area contributed by atoms with E-state index >= 15 is 0 Å². The van der Waals surface area contributed by atoms with Gasteiger partial charge < -0.3 is 9.47 Å². The van der Waals surface area contributed by atoms with Crippen LogP contribution in [-0.2, 0) is 9.53 Å². The summed E-state index contributed by atoms with van der Waals surface area (Å²) in [6.45, 7) is 0.0544. The second-order valence-corrected chi connectivity index (χ2v) is 2.58. The van der Waals surface area contributed by atoms with Crippen LogP contribution in [0.4, 0.5) is 4.39 Å². The number of hydrogen-bond donors (Lipinski definition) is 0. The van der Waals surface area contributed by atoms with Gasteiger partial charge in [-0.05, 0) is 18.1 Å². The van der Waals surface area contributed by atoms with Crippen LogP contribution in [0.5, 0.6) is 5.75 Å². The van der Waals surface area contributed by atoms with Crippen LogP contribution in [0.25, 0.3) is 0 Å². The van der Waals surface area contributed by atoms with E-state index in [9.17, 15) is 9.18 Å². The molecule has 0 spiro atoms. The number of hydrogen-bond acceptors (Lipinski definition) is 3. The van der Waals surface area contributed by atoms with E-state index in [-0.39, 0.29) is 12.4 Å². The van der Waals surface area contributed by atoms with Gasteiger partial charge in [0.05, 0.1) is 5.56 Å². The Morgan fingerprint density at radius 3 is 2.93 bits per heavy atom. The SMILES string of the molecule is COCOc1ccc(C#CC=O)c(F)c1. The molecule has 0 aromatic heterocycles. The van der Waals surface area contributed by atoms with Gasteiger partial charge in [-0.15, -0.1) is 0 Å². The zero-order valence-electron chi connectivity index (χ0n) is 8.12. The third kappa shape index (κ3) is 3.41. The van der Waals surface area contributed by atoms with E-state index in [0.29, 0.717) is 12.0 Å². The van der Waals surface area contributed by atoms with Gasteiger partial charge in [0.2, 0.25) is 0 Å². The van der Waals surface area contributed by atoms with E-state index in [1.807, 2.05) is 0 Å². The molecule has 0 aliphatic heterocycles. The first-order chi connectivity index (χ1) is 7.27. The molecular weight excluding hydrogens is 199 g/mol. The van der Waals surface area contributed by atoms with Crippen molar-refractivity contribution in [2.45, 2.75) is 0 Å². The summed E-state index contributed by atoms with van der Waals surface area (Å²) in [6, 6.07) is 4.18. The van der Waals surface area contributed by atoms with Gasteiger partial charge in [0.1, 0.15) is 11.6 Å². The van der Waals surface area contributed by atoms with Crippen molar-refractivity contribution >= 4 is 6.29 Å². The summed E-state index contributed by atoms with van der Waals surface area (Å²) in [5.41, 5.74) is 0.159. The number of benzene rings is 1. The van der Waals surface area contributed by atoms with Gasteiger partial charge in [-0.3, -0.25) is 4.79 Å². The maximum atomic E-state index is 13.3. The highest BCUT2D eigenvalue weighted by Crippen LogP contribution is 2.15. The first-order valence-electron chi connectivity index (χ1n) is 4.14. The molecule has 0 bridgehead atoms. The summed E-state index contributed by atoms with van der Waals surface area (Å²) < 4.78 is 22.9. The van der Waals surface area contributed by atoms with Gasteiger partial charge in [-0.2, -0.15) is 0 Å². The molecule has 0 aliphatic rings. The Hall–Kier alpha value is -1.86. The summed E-state index contributed by atoms with van der Waals surface area (Å²) >= 11 is 0. The van der Waals surface area contributed by atoms with Gasteiger partial charge in [-0.1, -0.05) is 5.92 Å². The number of carbonyl (C=O) groups excluding carboxylic acids is 1. The second kappa shape index (κ2) is 5.78. The van der Waals surface area contributed by atoms with E-state index in [1.165, 1.54) is 19.2 Å². The highest BCUT2D eigenvalue weighted by atomic mass is 19.1. The largest absolute Gasteiger partial charge is 0.467 e. The van der Waals surface area contributed by atoms with Crippen LogP contribution in [-0.4, -0.2) is 20.2 Å². The normalized spacial score (nSPS) is 8.93. The molecule has 0 unspecified atom stereocenters. The van der Waals surface area contributed by atoms with Gasteiger partial charge in [0.25, 0.3) is 0 Å². The molecule has 4 heteroatoms. The predicted octanol–water partition coefficient (Wildman–Crippen LogP) is 1.36. The second-order valence-electron chi connectivity index (χ2n) is 2.58. The summed E-state index contributed by atoms with van der Waals surface area (Å²) in [5.74, 6) is 4.32. The topological polar surface area (TPSA) is 35.5 Å². The van der Waals surface area contributed by atoms with Gasteiger partial charge in [0.15, 0.2) is 13.1 Å². The Bertz CT molecular complexity index is 404. The molecule has 78 valence electrons. The maximum Gasteiger partial charge on any atom is 0.193 e. The highest BCUT2D eigenvalue weighted by molar-refractivity contribution is 5.74. The van der Waals surface area contributed by atoms with Gasteiger partial charge in [-0.25, -0.2) is 4.39 Å². The summed E-state index contributed by atoms with van der Waals surface area (Å²) in [6.07, 6.45) is 0.411. The van der Waals surface area contributed by atoms with Crippen molar-refractivity contribution in [2.24, 2.45) is 0 Å². The van der Waals surface area contributed by atoms with Crippen molar-refractivity contribution in [1.82, 2.24) is 0 Å². The lowest BCUT2D eigenvalue weighted by Gasteiger charge is -2.04. The molecule has 0 atom stereocenters. The standard InChI is InChI=1S/C11H9FO3/c1-14-8-15-10-5-4-9(3-2-6-13)11(12)7-10/h4-7H,8H2,1H3. The molecule has 1 aromatic carbocycles. The van der Waals surface area contributed by atoms with Gasteiger partial charge >= 0.3 is 0 Å². The van der Waals surface area contributed by atoms with Crippen LogP contribution >= 0.6 is 0 Å². The van der Waals surface area contributed by atoms with E-state index in [0.717, 1.165) is 0 Å². The van der Waals surface area contributed by atoms with Crippen molar-refractivity contribution in [3.63, 3.8) is 0 Å². The Morgan fingerprint density at radius 2 is 2.33 bits per heavy atom. The van der Waals surface area contributed by atoms with Crippen LogP contribution in [0.15, 0.2) is 18.2 Å². The minimum Gasteiger partial charge on any atom is -0.467 e. The maximum absolute atomic E-state index is 13.3. The smallest absolute Gasteiger partial charge is 0.193 e. The Kier molecular flexibility index (Phi) is 4.32. The molecule has 0 saturated heterocycles. The fourth-order valence-electron chi connectivity index (χ4n) is 0.921. The number of ether oxygens (including phenoxy) is 2. The third-order valence-electron chi connectivity index (χ3n) is 1.55. The molecule has 3 nitrogen and oxygen atoms in total. The lowest BCUT2D eigenvalue weighted by atomic mass is 10.2. The quantitative estimate of drug-likeness (QED) is 0.427. The fraction of sp³-hybridized carbons (Fsp3) is 0.182. The molecule has 0 amide bonds. The predicted molar refractivity (Wildman–Crippen MR) is 51.8 cm³/mol. The van der Waals surface area contributed by atoms with Crippen LogP contribution in [0.3, 0.4) is 0 Å². The Labute approximate surface area is 86.8 Å². The minimum atomic E-state index is -0.530. The molecule has 15 heavy (non-hydrogen) atoms. The van der Waals surface area contributed by atoms with E-state index in [1.54, 1.807) is 6.07 Å². The molecular formula is C11H9FO3. The lowest BCUT2D eigenvalue weighted by molar-refractivity contribution is -0.103.